The number of benzene rings is 1. The van der Waals surface area contributed by atoms with E-state index in [1.54, 1.807) is 0 Å². The van der Waals surface area contributed by atoms with Crippen LogP contribution in [-0.4, -0.2) is 6.54 Å². The lowest BCUT2D eigenvalue weighted by Gasteiger charge is -2.14. The lowest BCUT2D eigenvalue weighted by molar-refractivity contribution is 0.628. The number of aryl methyl sites for hydroxylation is 1. The second-order valence-electron chi connectivity index (χ2n) is 4.19. The van der Waals surface area contributed by atoms with Gasteiger partial charge in [-0.3, -0.25) is 0 Å². The minimum atomic E-state index is 0.459. The monoisotopic (exact) mass is 175 g/mol. The molecule has 0 radical (unpaired) electrons. The number of hydrogen-bond acceptors (Lipinski definition) is 1. The Labute approximate surface area is 80.0 Å². The van der Waals surface area contributed by atoms with Crippen LogP contribution in [-0.2, 0) is 5.41 Å². The molecule has 1 aromatic rings. The lowest BCUT2D eigenvalue weighted by Crippen LogP contribution is -2.13. The number of nitrogens with two attached hydrogens (primary N) is 1. The first kappa shape index (κ1) is 8.76. The topological polar surface area (TPSA) is 26.0 Å². The van der Waals surface area contributed by atoms with Gasteiger partial charge in [0, 0.05) is 0 Å². The summed E-state index contributed by atoms with van der Waals surface area (Å²) in [5.41, 5.74) is 8.95. The van der Waals surface area contributed by atoms with E-state index in [-0.39, 0.29) is 0 Å². The van der Waals surface area contributed by atoms with Gasteiger partial charge < -0.3 is 5.73 Å². The maximum Gasteiger partial charge on any atom is -0.00343 e. The fourth-order valence-corrected chi connectivity index (χ4v) is 2.09. The van der Waals surface area contributed by atoms with Crippen LogP contribution in [0.4, 0.5) is 0 Å². The molecule has 13 heavy (non-hydrogen) atoms. The zero-order chi connectivity index (χ0) is 9.31. The molecular formula is C12H17N. The lowest BCUT2D eigenvalue weighted by atomic mass is 9.91. The molecule has 0 bridgehead atoms. The Balaban J connectivity index is 2.25. The van der Waals surface area contributed by atoms with Gasteiger partial charge in [0.05, 0.1) is 0 Å². The molecule has 1 aliphatic carbocycles. The third-order valence-electron chi connectivity index (χ3n) is 3.11. The van der Waals surface area contributed by atoms with Crippen molar-refractivity contribution in [2.45, 2.75) is 31.6 Å². The molecule has 2 rings (SSSR count). The molecule has 0 heterocycles. The first-order valence-corrected chi connectivity index (χ1v) is 5.04. The van der Waals surface area contributed by atoms with Crippen molar-refractivity contribution in [1.82, 2.24) is 0 Å². The molecule has 1 saturated carbocycles. The Hall–Kier alpha value is -0.820. The molecule has 1 aromatic carbocycles. The summed E-state index contributed by atoms with van der Waals surface area (Å²) in [4.78, 5) is 0. The highest BCUT2D eigenvalue weighted by Gasteiger charge is 2.42. The summed E-state index contributed by atoms with van der Waals surface area (Å²) in [5.74, 6) is 0. The van der Waals surface area contributed by atoms with E-state index in [1.165, 1.54) is 24.0 Å². The molecule has 0 spiro atoms. The maximum absolute atomic E-state index is 5.63. The maximum atomic E-state index is 5.63. The Kier molecular flexibility index (Phi) is 2.12. The quantitative estimate of drug-likeness (QED) is 0.750. The number of rotatable bonds is 3. The molecule has 70 valence electrons. The van der Waals surface area contributed by atoms with E-state index < -0.39 is 0 Å². The fraction of sp³-hybridized carbons (Fsp3) is 0.500. The molecule has 0 aromatic heterocycles. The Bertz CT molecular complexity index is 300. The van der Waals surface area contributed by atoms with Gasteiger partial charge in [-0.25, -0.2) is 0 Å². The van der Waals surface area contributed by atoms with Crippen molar-refractivity contribution in [1.29, 1.82) is 0 Å². The molecule has 1 aliphatic rings. The van der Waals surface area contributed by atoms with E-state index in [0.717, 1.165) is 13.0 Å². The first-order chi connectivity index (χ1) is 6.27. The minimum Gasteiger partial charge on any atom is -0.330 e. The molecule has 0 saturated heterocycles. The van der Waals surface area contributed by atoms with Crippen LogP contribution >= 0.6 is 0 Å². The first-order valence-electron chi connectivity index (χ1n) is 5.04. The van der Waals surface area contributed by atoms with Gasteiger partial charge in [0.15, 0.2) is 0 Å². The van der Waals surface area contributed by atoms with Crippen LogP contribution in [0.15, 0.2) is 24.3 Å². The summed E-state index contributed by atoms with van der Waals surface area (Å²) in [7, 11) is 0. The van der Waals surface area contributed by atoms with Gasteiger partial charge >= 0.3 is 0 Å². The standard InChI is InChI=1S/C12H17N/c1-10-3-2-4-11(9-10)12(5-6-12)7-8-13/h2-4,9H,5-8,13H2,1H3. The molecular weight excluding hydrogens is 158 g/mol. The fourth-order valence-electron chi connectivity index (χ4n) is 2.09. The van der Waals surface area contributed by atoms with Crippen LogP contribution in [0.1, 0.15) is 30.4 Å². The summed E-state index contributed by atoms with van der Waals surface area (Å²) in [6.45, 7) is 2.97. The largest absolute Gasteiger partial charge is 0.330 e. The van der Waals surface area contributed by atoms with Crippen molar-refractivity contribution in [3.63, 3.8) is 0 Å². The number of hydrogen-bond donors (Lipinski definition) is 1. The zero-order valence-corrected chi connectivity index (χ0v) is 8.22. The predicted molar refractivity (Wildman–Crippen MR) is 55.8 cm³/mol. The summed E-state index contributed by atoms with van der Waals surface area (Å²) in [6, 6.07) is 8.86. The van der Waals surface area contributed by atoms with Crippen LogP contribution < -0.4 is 5.73 Å². The summed E-state index contributed by atoms with van der Waals surface area (Å²) < 4.78 is 0. The highest BCUT2D eigenvalue weighted by atomic mass is 14.6. The van der Waals surface area contributed by atoms with Crippen molar-refractivity contribution in [2.24, 2.45) is 5.73 Å². The van der Waals surface area contributed by atoms with Crippen molar-refractivity contribution in [3.05, 3.63) is 35.4 Å². The molecule has 1 heteroatoms. The average molecular weight is 175 g/mol. The van der Waals surface area contributed by atoms with Crippen molar-refractivity contribution in [2.75, 3.05) is 6.54 Å². The van der Waals surface area contributed by atoms with Crippen molar-refractivity contribution in [3.8, 4) is 0 Å². The molecule has 1 nitrogen and oxygen atoms in total. The average Bonchev–Trinajstić information content (AvgIpc) is 2.86. The zero-order valence-electron chi connectivity index (χ0n) is 8.22. The Morgan fingerprint density at radius 3 is 2.69 bits per heavy atom. The molecule has 0 aliphatic heterocycles. The highest BCUT2D eigenvalue weighted by Crippen LogP contribution is 2.50. The van der Waals surface area contributed by atoms with Crippen LogP contribution in [0.2, 0.25) is 0 Å². The summed E-state index contributed by atoms with van der Waals surface area (Å²) in [6.07, 6.45) is 3.80. The molecule has 1 fully saturated rings. The van der Waals surface area contributed by atoms with Gasteiger partial charge in [-0.15, -0.1) is 0 Å². The smallest absolute Gasteiger partial charge is 0.00343 e. The third-order valence-corrected chi connectivity index (χ3v) is 3.11. The molecule has 2 N–H and O–H groups in total. The summed E-state index contributed by atoms with van der Waals surface area (Å²) >= 11 is 0. The van der Waals surface area contributed by atoms with Gasteiger partial charge in [-0.05, 0) is 43.7 Å². The van der Waals surface area contributed by atoms with Crippen molar-refractivity contribution >= 4 is 0 Å². The van der Waals surface area contributed by atoms with Gasteiger partial charge in [0.2, 0.25) is 0 Å². The van der Waals surface area contributed by atoms with Crippen LogP contribution in [0.5, 0.6) is 0 Å². The van der Waals surface area contributed by atoms with Gasteiger partial charge in [0.25, 0.3) is 0 Å². The molecule has 0 atom stereocenters. The van der Waals surface area contributed by atoms with E-state index in [4.69, 9.17) is 5.73 Å². The van der Waals surface area contributed by atoms with Crippen LogP contribution in [0.25, 0.3) is 0 Å². The van der Waals surface area contributed by atoms with Gasteiger partial charge in [0.1, 0.15) is 0 Å². The Morgan fingerprint density at radius 2 is 2.15 bits per heavy atom. The molecule has 0 unspecified atom stereocenters. The predicted octanol–water partition coefficient (Wildman–Crippen LogP) is 2.38. The second-order valence-corrected chi connectivity index (χ2v) is 4.19. The third kappa shape index (κ3) is 1.61. The minimum absolute atomic E-state index is 0.459. The van der Waals surface area contributed by atoms with E-state index in [2.05, 4.69) is 31.2 Å². The molecule has 0 amide bonds. The van der Waals surface area contributed by atoms with E-state index >= 15 is 0 Å². The highest BCUT2D eigenvalue weighted by molar-refractivity contribution is 5.34. The van der Waals surface area contributed by atoms with Crippen LogP contribution in [0.3, 0.4) is 0 Å². The van der Waals surface area contributed by atoms with E-state index in [9.17, 15) is 0 Å². The Morgan fingerprint density at radius 1 is 1.38 bits per heavy atom. The second kappa shape index (κ2) is 3.15. The SMILES string of the molecule is Cc1cccc(C2(CCN)CC2)c1. The summed E-state index contributed by atoms with van der Waals surface area (Å²) in [5, 5.41) is 0. The van der Waals surface area contributed by atoms with E-state index in [0.29, 0.717) is 5.41 Å². The van der Waals surface area contributed by atoms with Gasteiger partial charge in [-0.2, -0.15) is 0 Å². The van der Waals surface area contributed by atoms with Crippen LogP contribution in [0, 0.1) is 6.92 Å². The van der Waals surface area contributed by atoms with Crippen molar-refractivity contribution < 1.29 is 0 Å². The van der Waals surface area contributed by atoms with E-state index in [1.807, 2.05) is 0 Å². The normalized spacial score (nSPS) is 18.6. The van der Waals surface area contributed by atoms with Gasteiger partial charge in [-0.1, -0.05) is 29.8 Å².